The number of hydrogen-bond acceptors (Lipinski definition) is 4. The number of benzene rings is 1. The average molecular weight is 365 g/mol. The fraction of sp³-hybridized carbons (Fsp3) is 0.412. The molecule has 2 aromatic rings. The number of aromatic carboxylic acids is 1. The molecule has 0 aliphatic rings. The van der Waals surface area contributed by atoms with E-state index < -0.39 is 16.0 Å². The summed E-state index contributed by atoms with van der Waals surface area (Å²) in [6.45, 7) is 8.75. The highest BCUT2D eigenvalue weighted by atomic mass is 32.2. The zero-order chi connectivity index (χ0) is 18.8. The van der Waals surface area contributed by atoms with Crippen LogP contribution in [-0.2, 0) is 16.6 Å². The summed E-state index contributed by atoms with van der Waals surface area (Å²) in [6, 6.07) is 5.26. The second-order valence-corrected chi connectivity index (χ2v) is 8.30. The van der Waals surface area contributed by atoms with Crippen LogP contribution in [0, 0.1) is 5.92 Å². The van der Waals surface area contributed by atoms with Gasteiger partial charge in [0.15, 0.2) is 0 Å². The van der Waals surface area contributed by atoms with Crippen molar-refractivity contribution in [2.75, 3.05) is 4.72 Å². The van der Waals surface area contributed by atoms with E-state index in [0.717, 1.165) is 11.8 Å². The van der Waals surface area contributed by atoms with E-state index >= 15 is 0 Å². The normalized spacial score (nSPS) is 11.9. The number of nitrogens with zero attached hydrogens (tertiary/aromatic N) is 2. The van der Waals surface area contributed by atoms with Crippen molar-refractivity contribution < 1.29 is 18.3 Å². The summed E-state index contributed by atoms with van der Waals surface area (Å²) in [7, 11) is -3.91. The molecular formula is C17H23N3O4S. The summed E-state index contributed by atoms with van der Waals surface area (Å²) in [5.74, 6) is -0.733. The van der Waals surface area contributed by atoms with E-state index in [1.807, 2.05) is 13.8 Å². The third kappa shape index (κ3) is 4.39. The van der Waals surface area contributed by atoms with Crippen molar-refractivity contribution in [3.05, 3.63) is 41.7 Å². The van der Waals surface area contributed by atoms with Crippen LogP contribution in [0.2, 0.25) is 0 Å². The molecule has 0 amide bonds. The van der Waals surface area contributed by atoms with E-state index in [2.05, 4.69) is 23.7 Å². The van der Waals surface area contributed by atoms with Crippen molar-refractivity contribution in [2.45, 2.75) is 45.1 Å². The predicted octanol–water partition coefficient (Wildman–Crippen LogP) is 3.16. The first kappa shape index (κ1) is 19.0. The number of aromatic nitrogens is 2. The molecule has 2 N–H and O–H groups in total. The van der Waals surface area contributed by atoms with Gasteiger partial charge in [0.25, 0.3) is 10.0 Å². The molecule has 1 aromatic carbocycles. The monoisotopic (exact) mass is 365 g/mol. The molecule has 0 bridgehead atoms. The summed E-state index contributed by atoms with van der Waals surface area (Å²) in [5.41, 5.74) is 1.13. The number of carboxylic acids is 1. The van der Waals surface area contributed by atoms with Gasteiger partial charge in [0, 0.05) is 6.54 Å². The standard InChI is InChI=1S/C17H23N3O4S/c1-11(2)10-20-16(12(3)4)15(9-18-20)19-25(23,24)14-7-5-6-13(8-14)17(21)22/h5-9,11-12,19H,10H2,1-4H3,(H,21,22). The molecule has 0 aliphatic heterocycles. The number of hydrogen-bond donors (Lipinski definition) is 2. The summed E-state index contributed by atoms with van der Waals surface area (Å²) in [5, 5.41) is 13.3. The van der Waals surface area contributed by atoms with Gasteiger partial charge in [0.2, 0.25) is 0 Å². The molecule has 136 valence electrons. The molecule has 0 spiro atoms. The number of anilines is 1. The number of rotatable bonds is 7. The molecule has 1 heterocycles. The smallest absolute Gasteiger partial charge is 0.335 e. The molecule has 25 heavy (non-hydrogen) atoms. The lowest BCUT2D eigenvalue weighted by Crippen LogP contribution is -2.16. The quantitative estimate of drug-likeness (QED) is 0.785. The van der Waals surface area contributed by atoms with Crippen LogP contribution in [0.25, 0.3) is 0 Å². The molecule has 1 aromatic heterocycles. The Bertz CT molecular complexity index is 870. The molecule has 8 heteroatoms. The fourth-order valence-electron chi connectivity index (χ4n) is 2.57. The molecule has 7 nitrogen and oxygen atoms in total. The number of carbonyl (C=O) groups is 1. The van der Waals surface area contributed by atoms with Gasteiger partial charge < -0.3 is 5.11 Å². The van der Waals surface area contributed by atoms with E-state index in [-0.39, 0.29) is 16.4 Å². The summed E-state index contributed by atoms with van der Waals surface area (Å²) < 4.78 is 29.6. The van der Waals surface area contributed by atoms with E-state index in [1.54, 1.807) is 4.68 Å². The Morgan fingerprint density at radius 3 is 2.52 bits per heavy atom. The van der Waals surface area contributed by atoms with Crippen molar-refractivity contribution in [1.82, 2.24) is 9.78 Å². The van der Waals surface area contributed by atoms with Gasteiger partial charge in [-0.3, -0.25) is 9.40 Å². The van der Waals surface area contributed by atoms with Crippen LogP contribution in [0.5, 0.6) is 0 Å². The van der Waals surface area contributed by atoms with Crippen LogP contribution in [0.15, 0.2) is 35.4 Å². The number of nitrogens with one attached hydrogen (secondary N) is 1. The maximum absolute atomic E-state index is 12.6. The van der Waals surface area contributed by atoms with Crippen molar-refractivity contribution in [2.24, 2.45) is 5.92 Å². The van der Waals surface area contributed by atoms with Crippen LogP contribution in [0.1, 0.15) is 49.7 Å². The maximum atomic E-state index is 12.6. The van der Waals surface area contributed by atoms with Crippen LogP contribution in [0.3, 0.4) is 0 Å². The van der Waals surface area contributed by atoms with Crippen molar-refractivity contribution in [1.29, 1.82) is 0 Å². The summed E-state index contributed by atoms with van der Waals surface area (Å²) in [4.78, 5) is 11.0. The van der Waals surface area contributed by atoms with Gasteiger partial charge in [-0.2, -0.15) is 5.10 Å². The lowest BCUT2D eigenvalue weighted by Gasteiger charge is -2.15. The first-order chi connectivity index (χ1) is 11.6. The van der Waals surface area contributed by atoms with Crippen molar-refractivity contribution in [3.63, 3.8) is 0 Å². The van der Waals surface area contributed by atoms with E-state index in [9.17, 15) is 13.2 Å². The van der Waals surface area contributed by atoms with E-state index in [0.29, 0.717) is 18.2 Å². The molecule has 2 rings (SSSR count). The molecule has 0 radical (unpaired) electrons. The Morgan fingerprint density at radius 1 is 1.28 bits per heavy atom. The minimum atomic E-state index is -3.91. The highest BCUT2D eigenvalue weighted by Crippen LogP contribution is 2.27. The molecule has 0 saturated carbocycles. The van der Waals surface area contributed by atoms with Gasteiger partial charge in [-0.15, -0.1) is 0 Å². The highest BCUT2D eigenvalue weighted by molar-refractivity contribution is 7.92. The van der Waals surface area contributed by atoms with Gasteiger partial charge in [-0.05, 0) is 30.0 Å². The molecule has 0 atom stereocenters. The van der Waals surface area contributed by atoms with Gasteiger partial charge in [0.1, 0.15) is 0 Å². The Hall–Kier alpha value is -2.35. The largest absolute Gasteiger partial charge is 0.478 e. The Balaban J connectivity index is 2.40. The average Bonchev–Trinajstić information content (AvgIpc) is 2.88. The predicted molar refractivity (Wildman–Crippen MR) is 95.4 cm³/mol. The minimum absolute atomic E-state index is 0.0734. The second-order valence-electron chi connectivity index (χ2n) is 6.61. The Labute approximate surface area is 147 Å². The topological polar surface area (TPSA) is 101 Å². The Morgan fingerprint density at radius 2 is 1.96 bits per heavy atom. The van der Waals surface area contributed by atoms with Gasteiger partial charge in [0.05, 0.1) is 28.0 Å². The summed E-state index contributed by atoms with van der Waals surface area (Å²) in [6.07, 6.45) is 1.50. The lowest BCUT2D eigenvalue weighted by molar-refractivity contribution is 0.0696. The first-order valence-corrected chi connectivity index (χ1v) is 9.52. The molecule has 0 aliphatic carbocycles. The first-order valence-electron chi connectivity index (χ1n) is 8.03. The van der Waals surface area contributed by atoms with Crippen LogP contribution in [-0.4, -0.2) is 29.3 Å². The Kier molecular flexibility index (Phi) is 5.52. The third-order valence-corrected chi connectivity index (χ3v) is 4.96. The minimum Gasteiger partial charge on any atom is -0.478 e. The lowest BCUT2D eigenvalue weighted by atomic mass is 10.1. The van der Waals surface area contributed by atoms with Crippen molar-refractivity contribution in [3.8, 4) is 0 Å². The fourth-order valence-corrected chi connectivity index (χ4v) is 3.68. The van der Waals surface area contributed by atoms with E-state index in [4.69, 9.17) is 5.11 Å². The van der Waals surface area contributed by atoms with Crippen LogP contribution >= 0.6 is 0 Å². The zero-order valence-electron chi connectivity index (χ0n) is 14.7. The number of sulfonamides is 1. The van der Waals surface area contributed by atoms with Gasteiger partial charge >= 0.3 is 5.97 Å². The SMILES string of the molecule is CC(C)Cn1ncc(NS(=O)(=O)c2cccc(C(=O)O)c2)c1C(C)C. The van der Waals surface area contributed by atoms with Crippen LogP contribution < -0.4 is 4.72 Å². The molecular weight excluding hydrogens is 342 g/mol. The molecule has 0 fully saturated rings. The maximum Gasteiger partial charge on any atom is 0.335 e. The molecule has 0 saturated heterocycles. The summed E-state index contributed by atoms with van der Waals surface area (Å²) >= 11 is 0. The zero-order valence-corrected chi connectivity index (χ0v) is 15.5. The van der Waals surface area contributed by atoms with Gasteiger partial charge in [-0.25, -0.2) is 13.2 Å². The van der Waals surface area contributed by atoms with Crippen LogP contribution in [0.4, 0.5) is 5.69 Å². The van der Waals surface area contributed by atoms with Gasteiger partial charge in [-0.1, -0.05) is 33.8 Å². The number of carboxylic acid groups (broad SMARTS) is 1. The van der Waals surface area contributed by atoms with Crippen molar-refractivity contribution >= 4 is 21.7 Å². The second kappa shape index (κ2) is 7.26. The van der Waals surface area contributed by atoms with E-state index in [1.165, 1.54) is 24.4 Å². The third-order valence-electron chi connectivity index (χ3n) is 3.60. The highest BCUT2D eigenvalue weighted by Gasteiger charge is 2.22. The molecule has 0 unspecified atom stereocenters.